The standard InChI is InChI=1S/C6H12O2/c1-5-3-8-4-6(5)2-7/h5-7H,2-4H2,1H3/t5-,6-/m0/s1. The lowest BCUT2D eigenvalue weighted by molar-refractivity contribution is 0.160. The maximum absolute atomic E-state index is 8.66. The Balaban J connectivity index is 2.30. The van der Waals surface area contributed by atoms with E-state index < -0.39 is 0 Å². The summed E-state index contributed by atoms with van der Waals surface area (Å²) in [6.45, 7) is 3.96. The van der Waals surface area contributed by atoms with Gasteiger partial charge in [0, 0.05) is 19.1 Å². The molecule has 8 heavy (non-hydrogen) atoms. The fraction of sp³-hybridized carbons (Fsp3) is 1.00. The van der Waals surface area contributed by atoms with Crippen LogP contribution in [0.25, 0.3) is 0 Å². The van der Waals surface area contributed by atoms with Crippen molar-refractivity contribution < 1.29 is 9.84 Å². The molecule has 1 aliphatic heterocycles. The molecule has 0 aromatic rings. The van der Waals surface area contributed by atoms with Gasteiger partial charge < -0.3 is 9.84 Å². The van der Waals surface area contributed by atoms with Gasteiger partial charge in [0.05, 0.1) is 6.61 Å². The van der Waals surface area contributed by atoms with E-state index in [1.807, 2.05) is 0 Å². The van der Waals surface area contributed by atoms with Crippen molar-refractivity contribution in [3.63, 3.8) is 0 Å². The number of hydrogen-bond donors (Lipinski definition) is 1. The molecular weight excluding hydrogens is 104 g/mol. The van der Waals surface area contributed by atoms with E-state index in [0.717, 1.165) is 13.2 Å². The molecule has 1 fully saturated rings. The molecule has 1 N–H and O–H groups in total. The Morgan fingerprint density at radius 3 is 2.62 bits per heavy atom. The molecule has 1 heterocycles. The molecule has 2 atom stereocenters. The average molecular weight is 116 g/mol. The minimum atomic E-state index is 0.279. The summed E-state index contributed by atoms with van der Waals surface area (Å²) in [5.41, 5.74) is 0. The topological polar surface area (TPSA) is 29.5 Å². The number of rotatable bonds is 1. The van der Waals surface area contributed by atoms with Gasteiger partial charge in [-0.25, -0.2) is 0 Å². The molecule has 0 spiro atoms. The zero-order chi connectivity index (χ0) is 5.98. The summed E-state index contributed by atoms with van der Waals surface area (Å²) in [5, 5.41) is 8.66. The van der Waals surface area contributed by atoms with Gasteiger partial charge in [0.2, 0.25) is 0 Å². The molecule has 0 bridgehead atoms. The fourth-order valence-electron chi connectivity index (χ4n) is 0.938. The highest BCUT2D eigenvalue weighted by molar-refractivity contribution is 4.69. The first-order valence-corrected chi connectivity index (χ1v) is 3.03. The van der Waals surface area contributed by atoms with Crippen LogP contribution in [-0.2, 0) is 4.74 Å². The Morgan fingerprint density at radius 1 is 1.62 bits per heavy atom. The third-order valence-corrected chi connectivity index (χ3v) is 1.75. The summed E-state index contributed by atoms with van der Waals surface area (Å²) in [6.07, 6.45) is 0. The van der Waals surface area contributed by atoms with E-state index in [-0.39, 0.29) is 6.61 Å². The van der Waals surface area contributed by atoms with Crippen molar-refractivity contribution in [3.8, 4) is 0 Å². The van der Waals surface area contributed by atoms with Crippen LogP contribution in [0.15, 0.2) is 0 Å². The minimum absolute atomic E-state index is 0.279. The van der Waals surface area contributed by atoms with E-state index in [9.17, 15) is 0 Å². The van der Waals surface area contributed by atoms with Gasteiger partial charge in [0.25, 0.3) is 0 Å². The molecule has 1 saturated heterocycles. The van der Waals surface area contributed by atoms with Crippen molar-refractivity contribution in [3.05, 3.63) is 0 Å². The average Bonchev–Trinajstić information content (AvgIpc) is 2.14. The van der Waals surface area contributed by atoms with Crippen molar-refractivity contribution in [2.75, 3.05) is 19.8 Å². The Morgan fingerprint density at radius 2 is 2.38 bits per heavy atom. The number of aliphatic hydroxyl groups is 1. The smallest absolute Gasteiger partial charge is 0.0519 e. The van der Waals surface area contributed by atoms with Crippen LogP contribution in [0.4, 0.5) is 0 Å². The Hall–Kier alpha value is -0.0800. The number of ether oxygens (including phenoxy) is 1. The van der Waals surface area contributed by atoms with Gasteiger partial charge in [0.15, 0.2) is 0 Å². The molecule has 2 nitrogen and oxygen atoms in total. The Labute approximate surface area is 49.5 Å². The highest BCUT2D eigenvalue weighted by Crippen LogP contribution is 2.18. The molecule has 0 saturated carbocycles. The summed E-state index contributed by atoms with van der Waals surface area (Å²) in [5.74, 6) is 0.954. The highest BCUT2D eigenvalue weighted by Gasteiger charge is 2.22. The van der Waals surface area contributed by atoms with Crippen LogP contribution < -0.4 is 0 Å². The first-order chi connectivity index (χ1) is 3.84. The van der Waals surface area contributed by atoms with Gasteiger partial charge in [-0.2, -0.15) is 0 Å². The first-order valence-electron chi connectivity index (χ1n) is 3.03. The van der Waals surface area contributed by atoms with Gasteiger partial charge >= 0.3 is 0 Å². The second kappa shape index (κ2) is 2.46. The monoisotopic (exact) mass is 116 g/mol. The van der Waals surface area contributed by atoms with Crippen molar-refractivity contribution in [1.82, 2.24) is 0 Å². The molecule has 0 aromatic carbocycles. The highest BCUT2D eigenvalue weighted by atomic mass is 16.5. The van der Waals surface area contributed by atoms with Crippen LogP contribution in [0.3, 0.4) is 0 Å². The van der Waals surface area contributed by atoms with Crippen LogP contribution in [0.1, 0.15) is 6.92 Å². The van der Waals surface area contributed by atoms with Crippen LogP contribution in [0, 0.1) is 11.8 Å². The third-order valence-electron chi connectivity index (χ3n) is 1.75. The van der Waals surface area contributed by atoms with Gasteiger partial charge in [-0.05, 0) is 5.92 Å². The predicted molar refractivity (Wildman–Crippen MR) is 30.6 cm³/mol. The van der Waals surface area contributed by atoms with Crippen LogP contribution in [0.2, 0.25) is 0 Å². The van der Waals surface area contributed by atoms with Crippen molar-refractivity contribution in [1.29, 1.82) is 0 Å². The zero-order valence-electron chi connectivity index (χ0n) is 5.13. The van der Waals surface area contributed by atoms with Crippen molar-refractivity contribution in [2.24, 2.45) is 11.8 Å². The van der Waals surface area contributed by atoms with E-state index in [0.29, 0.717) is 11.8 Å². The fourth-order valence-corrected chi connectivity index (χ4v) is 0.938. The molecular formula is C6H12O2. The lowest BCUT2D eigenvalue weighted by Crippen LogP contribution is -2.12. The first kappa shape index (κ1) is 6.05. The van der Waals surface area contributed by atoms with Crippen LogP contribution in [-0.4, -0.2) is 24.9 Å². The van der Waals surface area contributed by atoms with Gasteiger partial charge in [0.1, 0.15) is 0 Å². The maximum atomic E-state index is 8.66. The molecule has 0 amide bonds. The summed E-state index contributed by atoms with van der Waals surface area (Å²) in [6, 6.07) is 0. The van der Waals surface area contributed by atoms with Crippen molar-refractivity contribution >= 4 is 0 Å². The Bertz CT molecular complexity index is 72.9. The number of aliphatic hydroxyl groups excluding tert-OH is 1. The van der Waals surface area contributed by atoms with Gasteiger partial charge in [-0.15, -0.1) is 0 Å². The predicted octanol–water partition coefficient (Wildman–Crippen LogP) is 0.261. The van der Waals surface area contributed by atoms with Gasteiger partial charge in [-0.1, -0.05) is 6.92 Å². The second-order valence-electron chi connectivity index (χ2n) is 2.46. The van der Waals surface area contributed by atoms with Crippen LogP contribution in [0.5, 0.6) is 0 Å². The molecule has 0 aromatic heterocycles. The summed E-state index contributed by atoms with van der Waals surface area (Å²) in [7, 11) is 0. The van der Waals surface area contributed by atoms with Crippen molar-refractivity contribution in [2.45, 2.75) is 6.92 Å². The van der Waals surface area contributed by atoms with E-state index in [2.05, 4.69) is 6.92 Å². The minimum Gasteiger partial charge on any atom is -0.396 e. The molecule has 48 valence electrons. The van der Waals surface area contributed by atoms with E-state index >= 15 is 0 Å². The molecule has 1 rings (SSSR count). The zero-order valence-corrected chi connectivity index (χ0v) is 5.13. The summed E-state index contributed by atoms with van der Waals surface area (Å²) in [4.78, 5) is 0. The maximum Gasteiger partial charge on any atom is 0.0519 e. The molecule has 0 aliphatic carbocycles. The largest absolute Gasteiger partial charge is 0.396 e. The van der Waals surface area contributed by atoms with E-state index in [1.165, 1.54) is 0 Å². The lowest BCUT2D eigenvalue weighted by atomic mass is 10.00. The lowest BCUT2D eigenvalue weighted by Gasteiger charge is -2.06. The molecule has 0 radical (unpaired) electrons. The second-order valence-corrected chi connectivity index (χ2v) is 2.46. The SMILES string of the molecule is C[C@H]1COC[C@@H]1CO. The Kier molecular flexibility index (Phi) is 1.86. The quantitative estimate of drug-likeness (QED) is 0.532. The van der Waals surface area contributed by atoms with E-state index in [4.69, 9.17) is 9.84 Å². The molecule has 2 heteroatoms. The van der Waals surface area contributed by atoms with E-state index in [1.54, 1.807) is 0 Å². The number of hydrogen-bond acceptors (Lipinski definition) is 2. The normalized spacial score (nSPS) is 38.2. The van der Waals surface area contributed by atoms with Gasteiger partial charge in [-0.3, -0.25) is 0 Å². The molecule has 1 aliphatic rings. The summed E-state index contributed by atoms with van der Waals surface area (Å²) < 4.78 is 5.10. The van der Waals surface area contributed by atoms with Crippen LogP contribution >= 0.6 is 0 Å². The molecule has 0 unspecified atom stereocenters. The third kappa shape index (κ3) is 1.01. The summed E-state index contributed by atoms with van der Waals surface area (Å²) >= 11 is 0.